The first kappa shape index (κ1) is 20.6. The number of nitrogens with two attached hydrogens (primary N) is 1. The zero-order valence-electron chi connectivity index (χ0n) is 13.8. The summed E-state index contributed by atoms with van der Waals surface area (Å²) in [7, 11) is 0. The fourth-order valence-electron chi connectivity index (χ4n) is 2.56. The fourth-order valence-corrected chi connectivity index (χ4v) is 3.17. The van der Waals surface area contributed by atoms with E-state index < -0.39 is 5.54 Å². The van der Waals surface area contributed by atoms with Crippen LogP contribution in [0.5, 0.6) is 0 Å². The summed E-state index contributed by atoms with van der Waals surface area (Å²) in [6.45, 7) is 2.68. The first-order valence-corrected chi connectivity index (χ1v) is 8.69. The van der Waals surface area contributed by atoms with Crippen LogP contribution in [0.4, 0.5) is 5.69 Å². The molecule has 6 nitrogen and oxygen atoms in total. The zero-order valence-corrected chi connectivity index (χ0v) is 17.0. The minimum atomic E-state index is -0.607. The Kier molecular flexibility index (Phi) is 6.63. The average Bonchev–Trinajstić information content (AvgIpc) is 2.54. The Morgan fingerprint density at radius 3 is 2.81 bits per heavy atom. The van der Waals surface area contributed by atoms with Crippen molar-refractivity contribution in [2.45, 2.75) is 12.5 Å². The van der Waals surface area contributed by atoms with Crippen LogP contribution in [0.3, 0.4) is 0 Å². The van der Waals surface area contributed by atoms with Gasteiger partial charge in [-0.05, 0) is 42.8 Å². The summed E-state index contributed by atoms with van der Waals surface area (Å²) >= 11 is 9.27. The summed E-state index contributed by atoms with van der Waals surface area (Å²) in [4.78, 5) is 20.9. The van der Waals surface area contributed by atoms with E-state index in [-0.39, 0.29) is 24.0 Å². The number of hydrogen-bond acceptors (Lipinski definition) is 5. The minimum absolute atomic E-state index is 0. The Morgan fingerprint density at radius 1 is 1.38 bits per heavy atom. The van der Waals surface area contributed by atoms with Gasteiger partial charge in [0.2, 0.25) is 0 Å². The third-order valence-corrected chi connectivity index (χ3v) is 4.44. The van der Waals surface area contributed by atoms with Gasteiger partial charge < -0.3 is 15.8 Å². The highest BCUT2D eigenvalue weighted by Gasteiger charge is 2.30. The number of anilines is 1. The number of nitrogens with zero attached hydrogens (tertiary/aromatic N) is 2. The number of hydrogen-bond donors (Lipinski definition) is 2. The SMILES string of the molecule is C[C@@]1(c2cc(Br)cc(NC(=O)c3ccc(Cl)cn3)c2)COCC(N)=N1.Cl. The predicted octanol–water partition coefficient (Wildman–Crippen LogP) is 3.77. The normalized spacial score (nSPS) is 19.3. The van der Waals surface area contributed by atoms with E-state index >= 15 is 0 Å². The summed E-state index contributed by atoms with van der Waals surface area (Å²) < 4.78 is 6.32. The standard InChI is InChI=1S/C17H16BrClN4O2.ClH/c1-17(9-25-8-15(20)23-17)10-4-11(18)6-13(5-10)22-16(24)14-3-2-12(19)7-21-14;/h2-7H,8-9H2,1H3,(H2,20,23)(H,22,24);1H/t17-;/m0./s1. The number of aliphatic imine (C=N–C) groups is 1. The molecule has 1 aromatic heterocycles. The second kappa shape index (κ2) is 8.35. The molecule has 2 aromatic rings. The summed E-state index contributed by atoms with van der Waals surface area (Å²) in [5.41, 5.74) is 6.98. The molecule has 1 atom stereocenters. The zero-order chi connectivity index (χ0) is 18.0. The molecule has 0 radical (unpaired) electrons. The average molecular weight is 460 g/mol. The van der Waals surface area contributed by atoms with E-state index in [0.717, 1.165) is 10.0 Å². The smallest absolute Gasteiger partial charge is 0.274 e. The molecule has 9 heteroatoms. The van der Waals surface area contributed by atoms with Gasteiger partial charge in [0.25, 0.3) is 5.91 Å². The van der Waals surface area contributed by atoms with Crippen molar-refractivity contribution in [1.82, 2.24) is 4.98 Å². The number of ether oxygens (including phenoxy) is 1. The molecule has 0 bridgehead atoms. The minimum Gasteiger partial charge on any atom is -0.386 e. The van der Waals surface area contributed by atoms with Crippen LogP contribution in [0.25, 0.3) is 0 Å². The molecule has 1 aliphatic heterocycles. The first-order valence-electron chi connectivity index (χ1n) is 7.52. The number of carbonyl (C=O) groups excluding carboxylic acids is 1. The van der Waals surface area contributed by atoms with Gasteiger partial charge in [-0.1, -0.05) is 27.5 Å². The molecule has 1 aliphatic rings. The maximum Gasteiger partial charge on any atom is 0.274 e. The molecule has 1 aromatic carbocycles. The van der Waals surface area contributed by atoms with Gasteiger partial charge in [-0.25, -0.2) is 4.98 Å². The molecule has 26 heavy (non-hydrogen) atoms. The first-order chi connectivity index (χ1) is 11.9. The third kappa shape index (κ3) is 4.73. The van der Waals surface area contributed by atoms with Crippen molar-refractivity contribution in [3.8, 4) is 0 Å². The summed E-state index contributed by atoms with van der Waals surface area (Å²) in [6, 6.07) is 8.77. The van der Waals surface area contributed by atoms with Crippen LogP contribution in [-0.2, 0) is 10.3 Å². The molecule has 138 valence electrons. The largest absolute Gasteiger partial charge is 0.386 e. The Hall–Kier alpha value is -1.67. The highest BCUT2D eigenvalue weighted by atomic mass is 79.9. The number of amides is 1. The second-order valence-electron chi connectivity index (χ2n) is 5.91. The molecule has 0 saturated carbocycles. The van der Waals surface area contributed by atoms with Crippen LogP contribution in [0.1, 0.15) is 23.0 Å². The van der Waals surface area contributed by atoms with Gasteiger partial charge in [0.1, 0.15) is 23.7 Å². The summed E-state index contributed by atoms with van der Waals surface area (Å²) in [5.74, 6) is 0.124. The second-order valence-corrected chi connectivity index (χ2v) is 7.27. The van der Waals surface area contributed by atoms with Crippen molar-refractivity contribution in [2.24, 2.45) is 10.7 Å². The Bertz CT molecular complexity index is 845. The molecular weight excluding hydrogens is 443 g/mol. The number of aromatic nitrogens is 1. The van der Waals surface area contributed by atoms with Crippen LogP contribution in [-0.4, -0.2) is 29.9 Å². The van der Waals surface area contributed by atoms with Crippen molar-refractivity contribution in [3.63, 3.8) is 0 Å². The van der Waals surface area contributed by atoms with E-state index in [4.69, 9.17) is 22.1 Å². The van der Waals surface area contributed by atoms with Gasteiger partial charge in [0, 0.05) is 16.4 Å². The lowest BCUT2D eigenvalue weighted by Crippen LogP contribution is -2.37. The van der Waals surface area contributed by atoms with Crippen LogP contribution in [0.15, 0.2) is 46.0 Å². The van der Waals surface area contributed by atoms with Crippen molar-refractivity contribution < 1.29 is 9.53 Å². The quantitative estimate of drug-likeness (QED) is 0.730. The molecule has 1 amide bonds. The van der Waals surface area contributed by atoms with E-state index in [2.05, 4.69) is 31.2 Å². The highest BCUT2D eigenvalue weighted by Crippen LogP contribution is 2.32. The van der Waals surface area contributed by atoms with E-state index in [0.29, 0.717) is 29.8 Å². The van der Waals surface area contributed by atoms with Crippen molar-refractivity contribution in [1.29, 1.82) is 0 Å². The molecule has 3 rings (SSSR count). The monoisotopic (exact) mass is 458 g/mol. The maximum absolute atomic E-state index is 12.4. The van der Waals surface area contributed by atoms with Crippen molar-refractivity contribution in [3.05, 3.63) is 57.3 Å². The number of pyridine rings is 1. The van der Waals surface area contributed by atoms with Crippen LogP contribution < -0.4 is 11.1 Å². The fraction of sp³-hybridized carbons (Fsp3) is 0.235. The topological polar surface area (TPSA) is 89.6 Å². The number of halogens is 3. The Labute approximate surface area is 170 Å². The van der Waals surface area contributed by atoms with Crippen LogP contribution >= 0.6 is 39.9 Å². The van der Waals surface area contributed by atoms with Gasteiger partial charge >= 0.3 is 0 Å². The van der Waals surface area contributed by atoms with Gasteiger partial charge in [0.05, 0.1) is 11.6 Å². The highest BCUT2D eigenvalue weighted by molar-refractivity contribution is 9.10. The van der Waals surface area contributed by atoms with E-state index in [1.807, 2.05) is 19.1 Å². The predicted molar refractivity (Wildman–Crippen MR) is 108 cm³/mol. The molecule has 3 N–H and O–H groups in total. The number of nitrogens with one attached hydrogen (secondary N) is 1. The summed E-state index contributed by atoms with van der Waals surface area (Å²) in [5, 5.41) is 3.31. The molecule has 0 saturated heterocycles. The van der Waals surface area contributed by atoms with Gasteiger partial charge in [-0.15, -0.1) is 12.4 Å². The third-order valence-electron chi connectivity index (χ3n) is 3.76. The number of amidine groups is 1. The van der Waals surface area contributed by atoms with E-state index in [1.165, 1.54) is 6.20 Å². The molecule has 0 aliphatic carbocycles. The number of benzene rings is 1. The maximum atomic E-state index is 12.4. The number of rotatable bonds is 3. The summed E-state index contributed by atoms with van der Waals surface area (Å²) in [6.07, 6.45) is 1.43. The lowest BCUT2D eigenvalue weighted by molar-refractivity contribution is 0.102. The number of carbonyl (C=O) groups is 1. The Morgan fingerprint density at radius 2 is 2.15 bits per heavy atom. The van der Waals surface area contributed by atoms with E-state index in [1.54, 1.807) is 18.2 Å². The molecule has 0 spiro atoms. The van der Waals surface area contributed by atoms with Gasteiger partial charge in [-0.2, -0.15) is 0 Å². The van der Waals surface area contributed by atoms with E-state index in [9.17, 15) is 4.79 Å². The van der Waals surface area contributed by atoms with Gasteiger partial charge in [-0.3, -0.25) is 9.79 Å². The van der Waals surface area contributed by atoms with Crippen molar-refractivity contribution >= 4 is 57.4 Å². The molecular formula is C17H17BrCl2N4O2. The Balaban J connectivity index is 0.00000243. The molecule has 0 fully saturated rings. The van der Waals surface area contributed by atoms with Crippen LogP contribution in [0.2, 0.25) is 5.02 Å². The van der Waals surface area contributed by atoms with Crippen LogP contribution in [0, 0.1) is 0 Å². The molecule has 2 heterocycles. The molecule has 0 unspecified atom stereocenters. The van der Waals surface area contributed by atoms with Gasteiger partial charge in [0.15, 0.2) is 0 Å². The lowest BCUT2D eigenvalue weighted by Gasteiger charge is -2.30. The van der Waals surface area contributed by atoms with Crippen molar-refractivity contribution in [2.75, 3.05) is 18.5 Å². The lowest BCUT2D eigenvalue weighted by atomic mass is 9.92.